The van der Waals surface area contributed by atoms with Gasteiger partial charge in [0.1, 0.15) is 5.54 Å². The molecule has 106 valence electrons. The van der Waals surface area contributed by atoms with Gasteiger partial charge in [0.05, 0.1) is 17.3 Å². The Morgan fingerprint density at radius 1 is 1.68 bits per heavy atom. The summed E-state index contributed by atoms with van der Waals surface area (Å²) < 4.78 is 1.79. The standard InChI is InChI=1S/C13H20ClN3O2/c1-9(2)16-13(12(18)19)5-3-4-11(6-13)17-8-10(14)7-15-17/h7-9,11,16H,3-6H2,1-2H3,(H,18,19). The number of carboxylic acid groups (broad SMARTS) is 1. The Kier molecular flexibility index (Phi) is 4.16. The van der Waals surface area contributed by atoms with E-state index in [-0.39, 0.29) is 12.1 Å². The highest BCUT2D eigenvalue weighted by Gasteiger charge is 2.43. The summed E-state index contributed by atoms with van der Waals surface area (Å²) in [5.41, 5.74) is -0.852. The molecule has 1 aromatic rings. The molecule has 2 N–H and O–H groups in total. The van der Waals surface area contributed by atoms with Gasteiger partial charge in [0.2, 0.25) is 0 Å². The second-order valence-electron chi connectivity index (χ2n) is 5.58. The maximum absolute atomic E-state index is 11.7. The molecule has 2 atom stereocenters. The van der Waals surface area contributed by atoms with E-state index in [1.165, 1.54) is 0 Å². The Balaban J connectivity index is 2.20. The third kappa shape index (κ3) is 3.09. The lowest BCUT2D eigenvalue weighted by molar-refractivity contribution is -0.147. The predicted octanol–water partition coefficient (Wildman–Crippen LogP) is 2.47. The molecule has 0 spiro atoms. The van der Waals surface area contributed by atoms with Crippen molar-refractivity contribution >= 4 is 17.6 Å². The van der Waals surface area contributed by atoms with Crippen molar-refractivity contribution in [2.45, 2.75) is 57.2 Å². The zero-order chi connectivity index (χ0) is 14.0. The molecular weight excluding hydrogens is 266 g/mol. The van der Waals surface area contributed by atoms with Gasteiger partial charge < -0.3 is 5.11 Å². The topological polar surface area (TPSA) is 67.2 Å². The largest absolute Gasteiger partial charge is 0.480 e. The van der Waals surface area contributed by atoms with Gasteiger partial charge in [-0.2, -0.15) is 5.10 Å². The first-order valence-electron chi connectivity index (χ1n) is 6.64. The smallest absolute Gasteiger partial charge is 0.323 e. The predicted molar refractivity (Wildman–Crippen MR) is 73.4 cm³/mol. The Morgan fingerprint density at radius 2 is 2.42 bits per heavy atom. The summed E-state index contributed by atoms with van der Waals surface area (Å²) in [5, 5.41) is 17.6. The number of hydrogen-bond acceptors (Lipinski definition) is 3. The zero-order valence-electron chi connectivity index (χ0n) is 11.3. The maximum Gasteiger partial charge on any atom is 0.323 e. The Bertz CT molecular complexity index is 460. The molecule has 1 aliphatic carbocycles. The molecular formula is C13H20ClN3O2. The number of aromatic nitrogens is 2. The van der Waals surface area contributed by atoms with Crippen molar-refractivity contribution in [1.29, 1.82) is 0 Å². The van der Waals surface area contributed by atoms with Crippen LogP contribution in [-0.4, -0.2) is 32.4 Å². The third-order valence-corrected chi connectivity index (χ3v) is 3.84. The van der Waals surface area contributed by atoms with Crippen molar-refractivity contribution in [3.8, 4) is 0 Å². The molecule has 6 heteroatoms. The van der Waals surface area contributed by atoms with Gasteiger partial charge in [0, 0.05) is 12.2 Å². The number of hydrogen-bond donors (Lipinski definition) is 2. The van der Waals surface area contributed by atoms with Gasteiger partial charge in [0.25, 0.3) is 0 Å². The number of carboxylic acids is 1. The van der Waals surface area contributed by atoms with Crippen LogP contribution < -0.4 is 5.32 Å². The normalized spacial score (nSPS) is 27.7. The minimum Gasteiger partial charge on any atom is -0.480 e. The van der Waals surface area contributed by atoms with Gasteiger partial charge in [-0.25, -0.2) is 0 Å². The van der Waals surface area contributed by atoms with Crippen molar-refractivity contribution in [2.75, 3.05) is 0 Å². The number of aliphatic carboxylic acids is 1. The highest BCUT2D eigenvalue weighted by molar-refractivity contribution is 6.30. The van der Waals surface area contributed by atoms with Crippen molar-refractivity contribution in [2.24, 2.45) is 0 Å². The van der Waals surface area contributed by atoms with Crippen molar-refractivity contribution in [3.05, 3.63) is 17.4 Å². The SMILES string of the molecule is CC(C)NC1(C(=O)O)CCCC(n2cc(Cl)cn2)C1. The van der Waals surface area contributed by atoms with Crippen LogP contribution in [0.1, 0.15) is 45.6 Å². The second-order valence-corrected chi connectivity index (χ2v) is 6.01. The number of nitrogens with zero attached hydrogens (tertiary/aromatic N) is 2. The molecule has 19 heavy (non-hydrogen) atoms. The van der Waals surface area contributed by atoms with Crippen LogP contribution in [0.2, 0.25) is 5.02 Å². The highest BCUT2D eigenvalue weighted by Crippen LogP contribution is 2.36. The Morgan fingerprint density at radius 3 is 2.95 bits per heavy atom. The molecule has 0 aromatic carbocycles. The Labute approximate surface area is 117 Å². The van der Waals surface area contributed by atoms with Gasteiger partial charge in [-0.3, -0.25) is 14.8 Å². The summed E-state index contributed by atoms with van der Waals surface area (Å²) in [5.74, 6) is -0.774. The first-order chi connectivity index (χ1) is 8.93. The van der Waals surface area contributed by atoms with Gasteiger partial charge >= 0.3 is 5.97 Å². The molecule has 1 fully saturated rings. The van der Waals surface area contributed by atoms with E-state index in [1.54, 1.807) is 17.1 Å². The van der Waals surface area contributed by atoms with Crippen molar-refractivity contribution in [1.82, 2.24) is 15.1 Å². The maximum atomic E-state index is 11.7. The lowest BCUT2D eigenvalue weighted by atomic mass is 9.78. The summed E-state index contributed by atoms with van der Waals surface area (Å²) in [6.45, 7) is 3.94. The first kappa shape index (κ1) is 14.3. The van der Waals surface area contributed by atoms with Crippen LogP contribution in [0.5, 0.6) is 0 Å². The van der Waals surface area contributed by atoms with Crippen LogP contribution in [0.15, 0.2) is 12.4 Å². The molecule has 1 aliphatic rings. The molecule has 0 amide bonds. The quantitative estimate of drug-likeness (QED) is 0.892. The van der Waals surface area contributed by atoms with Crippen LogP contribution in [0, 0.1) is 0 Å². The third-order valence-electron chi connectivity index (χ3n) is 3.64. The lowest BCUT2D eigenvalue weighted by Crippen LogP contribution is -2.57. The van der Waals surface area contributed by atoms with Gasteiger partial charge in [0.15, 0.2) is 0 Å². The summed E-state index contributed by atoms with van der Waals surface area (Å²) in [6.07, 6.45) is 6.36. The fraction of sp³-hybridized carbons (Fsp3) is 0.692. The molecule has 0 saturated heterocycles. The summed E-state index contributed by atoms with van der Waals surface area (Å²) in [4.78, 5) is 11.7. The Hall–Kier alpha value is -1.07. The summed E-state index contributed by atoms with van der Waals surface area (Å²) >= 11 is 5.88. The molecule has 1 aromatic heterocycles. The second kappa shape index (κ2) is 5.51. The molecule has 1 heterocycles. The van der Waals surface area contributed by atoms with E-state index < -0.39 is 11.5 Å². The van der Waals surface area contributed by atoms with Crippen molar-refractivity contribution < 1.29 is 9.90 Å². The van der Waals surface area contributed by atoms with E-state index in [4.69, 9.17) is 11.6 Å². The molecule has 2 rings (SSSR count). The van der Waals surface area contributed by atoms with Crippen molar-refractivity contribution in [3.63, 3.8) is 0 Å². The average molecular weight is 286 g/mol. The van der Waals surface area contributed by atoms with Crippen LogP contribution in [-0.2, 0) is 4.79 Å². The number of halogens is 1. The molecule has 0 bridgehead atoms. The van der Waals surface area contributed by atoms with Gasteiger partial charge in [-0.05, 0) is 39.5 Å². The first-order valence-corrected chi connectivity index (χ1v) is 7.01. The average Bonchev–Trinajstić information content (AvgIpc) is 2.75. The van der Waals surface area contributed by atoms with E-state index in [2.05, 4.69) is 10.4 Å². The van der Waals surface area contributed by atoms with Crippen LogP contribution >= 0.6 is 11.6 Å². The van der Waals surface area contributed by atoms with E-state index in [9.17, 15) is 9.90 Å². The molecule has 0 aliphatic heterocycles. The van der Waals surface area contributed by atoms with Crippen LogP contribution in [0.25, 0.3) is 0 Å². The minimum absolute atomic E-state index is 0.0867. The highest BCUT2D eigenvalue weighted by atomic mass is 35.5. The van der Waals surface area contributed by atoms with Crippen LogP contribution in [0.3, 0.4) is 0 Å². The van der Waals surface area contributed by atoms with E-state index in [1.807, 2.05) is 13.8 Å². The molecule has 5 nitrogen and oxygen atoms in total. The summed E-state index contributed by atoms with van der Waals surface area (Å²) in [7, 11) is 0. The summed E-state index contributed by atoms with van der Waals surface area (Å²) in [6, 6.07) is 0.222. The number of carbonyl (C=O) groups is 1. The number of nitrogens with one attached hydrogen (secondary N) is 1. The monoisotopic (exact) mass is 285 g/mol. The van der Waals surface area contributed by atoms with Gasteiger partial charge in [-0.15, -0.1) is 0 Å². The molecule has 1 saturated carbocycles. The van der Waals surface area contributed by atoms with E-state index >= 15 is 0 Å². The van der Waals surface area contributed by atoms with Gasteiger partial charge in [-0.1, -0.05) is 11.6 Å². The number of rotatable bonds is 4. The van der Waals surface area contributed by atoms with Crippen LogP contribution in [0.4, 0.5) is 0 Å². The minimum atomic E-state index is -0.852. The lowest BCUT2D eigenvalue weighted by Gasteiger charge is -2.39. The van der Waals surface area contributed by atoms with E-state index in [0.29, 0.717) is 17.9 Å². The fourth-order valence-electron chi connectivity index (χ4n) is 2.93. The molecule has 2 unspecified atom stereocenters. The molecule has 0 radical (unpaired) electrons. The fourth-order valence-corrected chi connectivity index (χ4v) is 3.07. The zero-order valence-corrected chi connectivity index (χ0v) is 12.0. The van der Waals surface area contributed by atoms with E-state index in [0.717, 1.165) is 12.8 Å².